The van der Waals surface area contributed by atoms with Gasteiger partial charge in [0.2, 0.25) is 17.8 Å². The van der Waals surface area contributed by atoms with Crippen LogP contribution in [0.1, 0.15) is 162 Å². The highest BCUT2D eigenvalue weighted by molar-refractivity contribution is 5.44. The zero-order chi connectivity index (χ0) is 53.5. The van der Waals surface area contributed by atoms with Gasteiger partial charge in [0.15, 0.2) is 0 Å². The number of aromatic nitrogens is 3. The van der Waals surface area contributed by atoms with Gasteiger partial charge in [-0.05, 0) is 61.7 Å². The summed E-state index contributed by atoms with van der Waals surface area (Å²) < 4.78 is 50.9. The van der Waals surface area contributed by atoms with Gasteiger partial charge in [0.25, 0.3) is 0 Å². The van der Waals surface area contributed by atoms with Gasteiger partial charge >= 0.3 is 0 Å². The van der Waals surface area contributed by atoms with Gasteiger partial charge in [0.05, 0.1) is 72.7 Å². The average molecular weight is 1050 g/mol. The van der Waals surface area contributed by atoms with Crippen LogP contribution in [0, 0.1) is 71.7 Å². The molecule has 0 aliphatic carbocycles. The summed E-state index contributed by atoms with van der Waals surface area (Å²) in [7, 11) is 0. The smallest absolute Gasteiger partial charge is 0.229 e. The van der Waals surface area contributed by atoms with Gasteiger partial charge in [-0.2, -0.15) is 15.0 Å². The van der Waals surface area contributed by atoms with Crippen molar-refractivity contribution in [2.45, 2.75) is 162 Å². The van der Waals surface area contributed by atoms with Gasteiger partial charge in [0, 0.05) is 82.3 Å². The number of nitrogens with zero attached hydrogens (tertiary/aromatic N) is 3. The lowest BCUT2D eigenvalue weighted by Crippen LogP contribution is -2.16. The van der Waals surface area contributed by atoms with E-state index in [0.29, 0.717) is 137 Å². The Hall–Kier alpha value is -4.75. The Balaban J connectivity index is 2.28. The molecule has 0 aliphatic heterocycles. The van der Waals surface area contributed by atoms with E-state index in [2.05, 4.69) is 110 Å². The third-order valence-corrected chi connectivity index (χ3v) is 11.1. The Kier molecular flexibility index (Phi) is 54.7. The van der Waals surface area contributed by atoms with Crippen molar-refractivity contribution >= 4 is 17.8 Å². The van der Waals surface area contributed by atoms with Crippen LogP contribution in [-0.2, 0) is 42.6 Å². The highest BCUT2D eigenvalue weighted by Crippen LogP contribution is 2.13. The lowest BCUT2D eigenvalue weighted by Gasteiger charge is -2.12. The van der Waals surface area contributed by atoms with Crippen molar-refractivity contribution in [1.29, 1.82) is 0 Å². The van der Waals surface area contributed by atoms with Crippen molar-refractivity contribution in [2.24, 2.45) is 0 Å². The molecule has 0 aromatic carbocycles. The Morgan fingerprint density at radius 2 is 0.547 bits per heavy atom. The molecule has 420 valence electrons. The van der Waals surface area contributed by atoms with Gasteiger partial charge in [-0.15, -0.1) is 6.42 Å². The first-order valence-electron chi connectivity index (χ1n) is 28.5. The maximum atomic E-state index is 5.79. The molecule has 0 spiro atoms. The number of ether oxygens (including phenoxy) is 9. The van der Waals surface area contributed by atoms with E-state index in [1.165, 1.54) is 116 Å². The topological polar surface area (TPSA) is 158 Å². The molecule has 0 aliphatic rings. The Morgan fingerprint density at radius 1 is 0.293 bits per heavy atom. The fourth-order valence-electron chi connectivity index (χ4n) is 6.99. The number of anilines is 3. The van der Waals surface area contributed by atoms with Crippen molar-refractivity contribution in [3.05, 3.63) is 0 Å². The highest BCUT2D eigenvalue weighted by Gasteiger charge is 2.07. The minimum absolute atomic E-state index is 0.307. The van der Waals surface area contributed by atoms with Crippen LogP contribution < -0.4 is 16.0 Å². The summed E-state index contributed by atoms with van der Waals surface area (Å²) in [5.41, 5.74) is 0. The summed E-state index contributed by atoms with van der Waals surface area (Å²) >= 11 is 0. The van der Waals surface area contributed by atoms with Crippen molar-refractivity contribution in [1.82, 2.24) is 15.0 Å². The van der Waals surface area contributed by atoms with E-state index in [-0.39, 0.29) is 0 Å². The van der Waals surface area contributed by atoms with Crippen LogP contribution in [0.5, 0.6) is 0 Å². The Bertz CT molecular complexity index is 1740. The molecule has 1 rings (SSSR count). The number of hydrogen-bond donors (Lipinski definition) is 3. The molecule has 0 atom stereocenters. The van der Waals surface area contributed by atoms with E-state index in [4.69, 9.17) is 49.1 Å². The molecule has 15 nitrogen and oxygen atoms in total. The minimum atomic E-state index is 0.307. The molecule has 0 amide bonds. The predicted octanol–water partition coefficient (Wildman–Crippen LogP) is 9.88. The third-order valence-electron chi connectivity index (χ3n) is 11.1. The summed E-state index contributed by atoms with van der Waals surface area (Å²) in [6.07, 6.45) is 36.3. The zero-order valence-corrected chi connectivity index (χ0v) is 46.5. The molecule has 1 aromatic rings. The van der Waals surface area contributed by atoms with Gasteiger partial charge in [-0.25, -0.2) is 0 Å². The normalized spacial score (nSPS) is 10.3. The standard InChI is InChI=1S/C60H96N6O9/c1-4-7-10-13-16-19-22-25-28-31-40-67-46-52-73-55-49-70-43-34-37-61-58-64-59(62-38-35-44-71-50-56-74-53-47-68-41-32-29-26-23-20-17-14-11-8-5-2)66-60(65-58)63-39-36-45-72-51-57-75-54-48-69-42-33-30-27-24-21-18-15-12-9-6-3/h1H,5-6,8-9,11-12,14-15,17-18,20-21,23-24,26-27,29-30,32-39,41-57H2,2-3H3,(H3,61,62,63,64,65,66). The average Bonchev–Trinajstić information content (AvgIpc) is 3.42. The fourth-order valence-corrected chi connectivity index (χ4v) is 6.99. The second-order valence-electron chi connectivity index (χ2n) is 17.6. The largest absolute Gasteiger partial charge is 0.443 e. The Morgan fingerprint density at radius 3 is 0.867 bits per heavy atom. The van der Waals surface area contributed by atoms with Gasteiger partial charge in [-0.1, -0.05) is 129 Å². The number of hydrogen-bond acceptors (Lipinski definition) is 15. The van der Waals surface area contributed by atoms with E-state index in [0.717, 1.165) is 45.3 Å². The van der Waals surface area contributed by atoms with Crippen LogP contribution in [0.15, 0.2) is 0 Å². The van der Waals surface area contributed by atoms with Crippen LogP contribution in [0.25, 0.3) is 0 Å². The number of unbranched alkanes of at least 4 members (excludes halogenated alkanes) is 18. The fraction of sp³-hybridized carbons (Fsp3) is 0.750. The lowest BCUT2D eigenvalue weighted by atomic mass is 10.1. The molecule has 1 heterocycles. The first-order valence-corrected chi connectivity index (χ1v) is 28.5. The summed E-state index contributed by atoms with van der Waals surface area (Å²) in [6, 6.07) is 0. The highest BCUT2D eigenvalue weighted by atomic mass is 16.6. The summed E-state index contributed by atoms with van der Waals surface area (Å²) in [5.74, 6) is 26.1. The maximum absolute atomic E-state index is 5.79. The minimum Gasteiger partial charge on any atom is -0.443 e. The molecule has 0 radical (unpaired) electrons. The molecule has 15 heteroatoms. The number of terminal acetylenes is 1. The number of rotatable bonds is 55. The molecular formula is C60H96N6O9. The summed E-state index contributed by atoms with van der Waals surface area (Å²) in [4.78, 5) is 13.8. The summed E-state index contributed by atoms with van der Waals surface area (Å²) in [6.45, 7) is 15.9. The number of nitrogens with one attached hydrogen (secondary N) is 3. The van der Waals surface area contributed by atoms with E-state index in [9.17, 15) is 0 Å². The van der Waals surface area contributed by atoms with Crippen LogP contribution >= 0.6 is 0 Å². The monoisotopic (exact) mass is 1040 g/mol. The summed E-state index contributed by atoms with van der Waals surface area (Å²) in [5, 5.41) is 9.94. The molecule has 3 N–H and O–H groups in total. The van der Waals surface area contributed by atoms with E-state index in [1.807, 2.05) is 0 Å². The SMILES string of the molecule is C#CC#CC#CC#CC#CC#COCCOCCOCCCNc1nc(NCCCOCCOCCOCCCCCCCCCCCC)nc(NCCCOCCOCCOCCCCCCCCCCCC)n1. The second-order valence-corrected chi connectivity index (χ2v) is 17.6. The van der Waals surface area contributed by atoms with E-state index >= 15 is 0 Å². The first-order chi connectivity index (χ1) is 37.3. The molecule has 75 heavy (non-hydrogen) atoms. The van der Waals surface area contributed by atoms with Crippen molar-refractivity contribution in [3.63, 3.8) is 0 Å². The molecule has 0 bridgehead atoms. The van der Waals surface area contributed by atoms with E-state index < -0.39 is 0 Å². The molecule has 0 fully saturated rings. The van der Waals surface area contributed by atoms with E-state index in [1.54, 1.807) is 0 Å². The van der Waals surface area contributed by atoms with Crippen molar-refractivity contribution in [3.8, 4) is 71.7 Å². The van der Waals surface area contributed by atoms with Gasteiger partial charge < -0.3 is 58.6 Å². The van der Waals surface area contributed by atoms with Crippen LogP contribution in [0.3, 0.4) is 0 Å². The quantitative estimate of drug-likeness (QED) is 0.0418. The zero-order valence-electron chi connectivity index (χ0n) is 46.5. The van der Waals surface area contributed by atoms with Crippen LogP contribution in [0.4, 0.5) is 17.8 Å². The second kappa shape index (κ2) is 60.1. The molecular weight excluding hydrogens is 949 g/mol. The molecule has 0 unspecified atom stereocenters. The third kappa shape index (κ3) is 53.9. The molecule has 0 saturated heterocycles. The van der Waals surface area contributed by atoms with Crippen LogP contribution in [-0.4, -0.2) is 147 Å². The van der Waals surface area contributed by atoms with Crippen molar-refractivity contribution in [2.75, 3.05) is 148 Å². The predicted molar refractivity (Wildman–Crippen MR) is 303 cm³/mol. The van der Waals surface area contributed by atoms with Gasteiger partial charge in [0.1, 0.15) is 12.7 Å². The first kappa shape index (κ1) is 68.3. The Labute approximate surface area is 455 Å². The lowest BCUT2D eigenvalue weighted by molar-refractivity contribution is 0.0138. The van der Waals surface area contributed by atoms with Gasteiger partial charge in [-0.3, -0.25) is 0 Å². The molecule has 1 aromatic heterocycles. The molecule has 0 saturated carbocycles. The maximum Gasteiger partial charge on any atom is 0.229 e. The van der Waals surface area contributed by atoms with Crippen LogP contribution in [0.2, 0.25) is 0 Å². The van der Waals surface area contributed by atoms with Crippen molar-refractivity contribution < 1.29 is 42.6 Å².